The van der Waals surface area contributed by atoms with Crippen LogP contribution in [0.3, 0.4) is 0 Å². The van der Waals surface area contributed by atoms with Crippen LogP contribution in [0.5, 0.6) is 0 Å². The molecule has 1 rings (SSSR count). The Labute approximate surface area is 171 Å². The summed E-state index contributed by atoms with van der Waals surface area (Å²) in [6.07, 6.45) is 26.8. The third-order valence-corrected chi connectivity index (χ3v) is 6.25. The van der Waals surface area contributed by atoms with Crippen LogP contribution in [-0.4, -0.2) is 30.8 Å². The van der Waals surface area contributed by atoms with E-state index in [9.17, 15) is 0 Å². The van der Waals surface area contributed by atoms with Crippen molar-refractivity contribution in [3.8, 4) is 0 Å². The van der Waals surface area contributed by atoms with Crippen molar-refractivity contribution >= 4 is 0 Å². The van der Waals surface area contributed by atoms with Gasteiger partial charge in [0.1, 0.15) is 0 Å². The fourth-order valence-electron chi connectivity index (χ4n) is 4.46. The Morgan fingerprint density at radius 2 is 1.15 bits per heavy atom. The maximum atomic E-state index is 5.99. The number of nitrogens with zero attached hydrogens (tertiary/aromatic N) is 1. The van der Waals surface area contributed by atoms with Gasteiger partial charge in [-0.1, -0.05) is 110 Å². The topological polar surface area (TPSA) is 12.5 Å². The minimum atomic E-state index is 0.772. The smallest absolute Gasteiger partial charge is 0.0992 e. The van der Waals surface area contributed by atoms with Crippen molar-refractivity contribution in [2.24, 2.45) is 0 Å². The molecule has 27 heavy (non-hydrogen) atoms. The van der Waals surface area contributed by atoms with E-state index in [-0.39, 0.29) is 0 Å². The van der Waals surface area contributed by atoms with Crippen molar-refractivity contribution in [2.75, 3.05) is 19.9 Å². The lowest BCUT2D eigenvalue weighted by Crippen LogP contribution is -2.38. The van der Waals surface area contributed by atoms with E-state index in [1.807, 2.05) is 0 Å². The highest BCUT2D eigenvalue weighted by atomic mass is 16.5. The molecule has 0 unspecified atom stereocenters. The van der Waals surface area contributed by atoms with Gasteiger partial charge in [0.15, 0.2) is 0 Å². The quantitative estimate of drug-likeness (QED) is 0.210. The molecular weight excluding hydrogens is 330 g/mol. The molecule has 0 radical (unpaired) electrons. The van der Waals surface area contributed by atoms with E-state index < -0.39 is 0 Å². The standard InChI is InChI=1S/C25H51NO/c1-3-5-6-7-8-9-13-16-19-22-26(24-27-23-4-2)25-20-17-14-11-10-12-15-18-21-25/h25H,3-24H2,1-2H3. The molecule has 0 bridgehead atoms. The molecule has 2 heteroatoms. The molecule has 0 atom stereocenters. The highest BCUT2D eigenvalue weighted by Crippen LogP contribution is 2.21. The highest BCUT2D eigenvalue weighted by Gasteiger charge is 2.18. The van der Waals surface area contributed by atoms with Gasteiger partial charge in [-0.05, 0) is 25.7 Å². The molecule has 1 fully saturated rings. The van der Waals surface area contributed by atoms with Crippen molar-refractivity contribution in [3.63, 3.8) is 0 Å². The van der Waals surface area contributed by atoms with Crippen molar-refractivity contribution in [3.05, 3.63) is 0 Å². The zero-order chi connectivity index (χ0) is 19.4. The summed E-state index contributed by atoms with van der Waals surface area (Å²) in [7, 11) is 0. The molecule has 1 aliphatic rings. The van der Waals surface area contributed by atoms with Gasteiger partial charge in [0.05, 0.1) is 6.73 Å². The first-order valence-electron chi connectivity index (χ1n) is 12.7. The van der Waals surface area contributed by atoms with Crippen LogP contribution in [-0.2, 0) is 4.74 Å². The summed E-state index contributed by atoms with van der Waals surface area (Å²) in [4.78, 5) is 2.71. The van der Waals surface area contributed by atoms with Gasteiger partial charge in [-0.2, -0.15) is 0 Å². The van der Waals surface area contributed by atoms with Crippen LogP contribution in [0, 0.1) is 0 Å². The van der Waals surface area contributed by atoms with Crippen molar-refractivity contribution in [2.45, 2.75) is 142 Å². The summed E-state index contributed by atoms with van der Waals surface area (Å²) in [5, 5.41) is 0. The van der Waals surface area contributed by atoms with E-state index in [0.717, 1.165) is 25.8 Å². The van der Waals surface area contributed by atoms with Crippen LogP contribution >= 0.6 is 0 Å². The van der Waals surface area contributed by atoms with Crippen molar-refractivity contribution in [1.29, 1.82) is 0 Å². The van der Waals surface area contributed by atoms with Gasteiger partial charge in [-0.3, -0.25) is 4.90 Å². The predicted molar refractivity (Wildman–Crippen MR) is 120 cm³/mol. The average molecular weight is 382 g/mol. The van der Waals surface area contributed by atoms with E-state index in [0.29, 0.717) is 0 Å². The Hall–Kier alpha value is -0.0800. The second kappa shape index (κ2) is 19.2. The molecule has 0 aromatic carbocycles. The maximum absolute atomic E-state index is 5.99. The van der Waals surface area contributed by atoms with Gasteiger partial charge < -0.3 is 4.74 Å². The molecule has 0 aromatic rings. The minimum Gasteiger partial charge on any atom is -0.366 e. The van der Waals surface area contributed by atoms with E-state index in [4.69, 9.17) is 4.74 Å². The van der Waals surface area contributed by atoms with E-state index in [1.165, 1.54) is 122 Å². The number of ether oxygens (including phenoxy) is 1. The average Bonchev–Trinajstić information content (AvgIpc) is 2.69. The summed E-state index contributed by atoms with van der Waals surface area (Å²) in [6.45, 7) is 7.56. The Kier molecular flexibility index (Phi) is 17.8. The number of rotatable bonds is 15. The normalized spacial score (nSPS) is 17.4. The van der Waals surface area contributed by atoms with Crippen LogP contribution in [0.25, 0.3) is 0 Å². The lowest BCUT2D eigenvalue weighted by Gasteiger charge is -2.32. The number of unbranched alkanes of at least 4 members (excludes halogenated alkanes) is 8. The van der Waals surface area contributed by atoms with Crippen LogP contribution in [0.1, 0.15) is 136 Å². The number of hydrogen-bond donors (Lipinski definition) is 0. The van der Waals surface area contributed by atoms with Crippen LogP contribution in [0.2, 0.25) is 0 Å². The molecule has 0 aromatic heterocycles. The summed E-state index contributed by atoms with van der Waals surface area (Å²) in [5.41, 5.74) is 0. The largest absolute Gasteiger partial charge is 0.366 e. The lowest BCUT2D eigenvalue weighted by molar-refractivity contribution is -0.00179. The molecule has 0 spiro atoms. The van der Waals surface area contributed by atoms with Crippen molar-refractivity contribution in [1.82, 2.24) is 4.90 Å². The van der Waals surface area contributed by atoms with Gasteiger partial charge in [0, 0.05) is 19.2 Å². The predicted octanol–water partition coefficient (Wildman–Crippen LogP) is 8.10. The molecule has 1 aliphatic carbocycles. The first-order chi connectivity index (χ1) is 13.4. The number of hydrogen-bond acceptors (Lipinski definition) is 2. The SMILES string of the molecule is CCCCCCCCCCCN(COCCC)C1CCCCCCCCC1. The molecule has 0 saturated heterocycles. The van der Waals surface area contributed by atoms with Gasteiger partial charge in [0.2, 0.25) is 0 Å². The minimum absolute atomic E-state index is 0.772. The first-order valence-corrected chi connectivity index (χ1v) is 12.7. The summed E-state index contributed by atoms with van der Waals surface area (Å²) in [5.74, 6) is 0. The molecule has 0 heterocycles. The Balaban J connectivity index is 2.27. The molecule has 1 saturated carbocycles. The monoisotopic (exact) mass is 381 g/mol. The summed E-state index contributed by atoms with van der Waals surface area (Å²) >= 11 is 0. The van der Waals surface area contributed by atoms with E-state index in [2.05, 4.69) is 18.7 Å². The second-order valence-corrected chi connectivity index (χ2v) is 8.88. The third kappa shape index (κ3) is 14.6. The molecular formula is C25H51NO. The van der Waals surface area contributed by atoms with Gasteiger partial charge in [-0.15, -0.1) is 0 Å². The Morgan fingerprint density at radius 1 is 0.630 bits per heavy atom. The lowest BCUT2D eigenvalue weighted by atomic mass is 9.96. The summed E-state index contributed by atoms with van der Waals surface area (Å²) in [6, 6.07) is 0.772. The second-order valence-electron chi connectivity index (χ2n) is 8.88. The first kappa shape index (κ1) is 25.0. The maximum Gasteiger partial charge on any atom is 0.0992 e. The molecule has 0 aliphatic heterocycles. The molecule has 0 amide bonds. The molecule has 2 nitrogen and oxygen atoms in total. The van der Waals surface area contributed by atoms with Crippen LogP contribution in [0.4, 0.5) is 0 Å². The Morgan fingerprint density at radius 3 is 1.70 bits per heavy atom. The Bertz CT molecular complexity index is 284. The fraction of sp³-hybridized carbons (Fsp3) is 1.00. The van der Waals surface area contributed by atoms with Gasteiger partial charge in [0.25, 0.3) is 0 Å². The van der Waals surface area contributed by atoms with E-state index in [1.54, 1.807) is 0 Å². The third-order valence-electron chi connectivity index (χ3n) is 6.25. The van der Waals surface area contributed by atoms with Gasteiger partial charge in [-0.25, -0.2) is 0 Å². The van der Waals surface area contributed by atoms with Gasteiger partial charge >= 0.3 is 0 Å². The summed E-state index contributed by atoms with van der Waals surface area (Å²) < 4.78 is 5.99. The zero-order valence-electron chi connectivity index (χ0n) is 19.0. The fourth-order valence-corrected chi connectivity index (χ4v) is 4.46. The van der Waals surface area contributed by atoms with Crippen molar-refractivity contribution < 1.29 is 4.74 Å². The highest BCUT2D eigenvalue weighted by molar-refractivity contribution is 4.72. The van der Waals surface area contributed by atoms with Crippen LogP contribution in [0.15, 0.2) is 0 Å². The zero-order valence-corrected chi connectivity index (χ0v) is 19.0. The van der Waals surface area contributed by atoms with E-state index >= 15 is 0 Å². The molecule has 162 valence electrons. The van der Waals surface area contributed by atoms with Crippen LogP contribution < -0.4 is 0 Å². The molecule has 0 N–H and O–H groups in total.